The number of quaternary nitrogens is 1. The van der Waals surface area contributed by atoms with Gasteiger partial charge in [-0.05, 0) is 24.3 Å². The summed E-state index contributed by atoms with van der Waals surface area (Å²) in [7, 11) is 0. The van der Waals surface area contributed by atoms with Crippen molar-refractivity contribution in [2.45, 2.75) is 19.2 Å². The molecule has 29 heavy (non-hydrogen) atoms. The van der Waals surface area contributed by atoms with Crippen molar-refractivity contribution >= 4 is 11.3 Å². The Morgan fingerprint density at radius 1 is 0.862 bits per heavy atom. The van der Waals surface area contributed by atoms with Crippen LogP contribution < -0.4 is 10.1 Å². The van der Waals surface area contributed by atoms with Crippen LogP contribution in [-0.4, -0.2) is 4.98 Å². The summed E-state index contributed by atoms with van der Waals surface area (Å²) in [5.41, 5.74) is 3.58. The number of benzene rings is 3. The van der Waals surface area contributed by atoms with Crippen molar-refractivity contribution in [1.29, 1.82) is 0 Å². The van der Waals surface area contributed by atoms with Crippen LogP contribution in [0, 0.1) is 5.82 Å². The maximum absolute atomic E-state index is 13.0. The first kappa shape index (κ1) is 19.3. The Labute approximate surface area is 173 Å². The van der Waals surface area contributed by atoms with E-state index in [4.69, 9.17) is 9.72 Å². The van der Waals surface area contributed by atoms with Crippen LogP contribution in [0.15, 0.2) is 90.3 Å². The van der Waals surface area contributed by atoms with Crippen molar-refractivity contribution < 1.29 is 14.4 Å². The van der Waals surface area contributed by atoms with Crippen molar-refractivity contribution in [3.05, 3.63) is 118 Å². The normalized spacial score (nSPS) is 11.0. The van der Waals surface area contributed by atoms with Crippen LogP contribution in [-0.2, 0) is 13.2 Å². The van der Waals surface area contributed by atoms with Gasteiger partial charge in [-0.2, -0.15) is 0 Å². The van der Waals surface area contributed by atoms with Crippen molar-refractivity contribution in [1.82, 2.24) is 4.98 Å². The minimum absolute atomic E-state index is 0.220. The quantitative estimate of drug-likeness (QED) is 0.461. The molecular weight excluding hydrogens is 383 g/mol. The van der Waals surface area contributed by atoms with Gasteiger partial charge in [0.2, 0.25) is 0 Å². The molecule has 0 unspecified atom stereocenters. The first-order chi connectivity index (χ1) is 14.3. The Morgan fingerprint density at radius 2 is 1.48 bits per heavy atom. The molecule has 5 heteroatoms. The molecular formula is C24H22FN2OS+. The molecule has 0 aliphatic heterocycles. The van der Waals surface area contributed by atoms with Crippen LogP contribution in [0.3, 0.4) is 0 Å². The number of halogens is 1. The average Bonchev–Trinajstić information content (AvgIpc) is 3.23. The third-order valence-corrected chi connectivity index (χ3v) is 5.53. The molecule has 3 nitrogen and oxygen atoms in total. The maximum Gasteiger partial charge on any atom is 0.140 e. The summed E-state index contributed by atoms with van der Waals surface area (Å²) < 4.78 is 18.7. The lowest BCUT2D eigenvalue weighted by molar-refractivity contribution is -0.702. The fourth-order valence-electron chi connectivity index (χ4n) is 3.21. The van der Waals surface area contributed by atoms with Crippen molar-refractivity contribution in [2.24, 2.45) is 0 Å². The summed E-state index contributed by atoms with van der Waals surface area (Å²) in [6.45, 7) is 1.17. The Bertz CT molecular complexity index is 980. The third kappa shape index (κ3) is 5.28. The molecule has 0 atom stereocenters. The van der Waals surface area contributed by atoms with Gasteiger partial charge in [0.15, 0.2) is 0 Å². The van der Waals surface area contributed by atoms with Gasteiger partial charge in [0.25, 0.3) is 0 Å². The van der Waals surface area contributed by atoms with Gasteiger partial charge < -0.3 is 10.1 Å². The van der Waals surface area contributed by atoms with Crippen LogP contribution in [0.1, 0.15) is 27.9 Å². The van der Waals surface area contributed by atoms with Crippen LogP contribution >= 0.6 is 11.3 Å². The second-order valence-electron chi connectivity index (χ2n) is 6.71. The molecule has 0 radical (unpaired) electrons. The lowest BCUT2D eigenvalue weighted by Crippen LogP contribution is -2.84. The van der Waals surface area contributed by atoms with Crippen molar-refractivity contribution in [2.75, 3.05) is 0 Å². The SMILES string of the molecule is Fc1ccc(OCc2nc(C[NH2+]C(c3ccccc3)c3ccccc3)cs2)cc1. The molecule has 4 rings (SSSR count). The molecule has 4 aromatic rings. The van der Waals surface area contributed by atoms with Gasteiger partial charge in [0.05, 0.1) is 0 Å². The lowest BCUT2D eigenvalue weighted by atomic mass is 9.99. The molecule has 0 bridgehead atoms. The van der Waals surface area contributed by atoms with Crippen LogP contribution in [0.5, 0.6) is 5.75 Å². The largest absolute Gasteiger partial charge is 0.486 e. The molecule has 146 valence electrons. The van der Waals surface area contributed by atoms with E-state index in [1.807, 2.05) is 12.1 Å². The van der Waals surface area contributed by atoms with E-state index in [1.165, 1.54) is 23.3 Å². The lowest BCUT2D eigenvalue weighted by Gasteiger charge is -2.16. The summed E-state index contributed by atoms with van der Waals surface area (Å²) in [6.07, 6.45) is 0. The zero-order valence-electron chi connectivity index (χ0n) is 15.9. The fourth-order valence-corrected chi connectivity index (χ4v) is 3.93. The molecule has 0 aliphatic carbocycles. The highest BCUT2D eigenvalue weighted by atomic mass is 32.1. The Kier molecular flexibility index (Phi) is 6.29. The summed E-state index contributed by atoms with van der Waals surface area (Å²) in [4.78, 5) is 4.69. The van der Waals surface area contributed by atoms with E-state index >= 15 is 0 Å². The zero-order chi connectivity index (χ0) is 19.9. The Hall–Kier alpha value is -3.02. The number of ether oxygens (including phenoxy) is 1. The van der Waals surface area contributed by atoms with Crippen molar-refractivity contribution in [3.63, 3.8) is 0 Å². The summed E-state index contributed by atoms with van der Waals surface area (Å²) >= 11 is 1.59. The van der Waals surface area contributed by atoms with E-state index < -0.39 is 0 Å². The minimum Gasteiger partial charge on any atom is -0.486 e. The second-order valence-corrected chi connectivity index (χ2v) is 7.66. The van der Waals surface area contributed by atoms with Crippen molar-refractivity contribution in [3.8, 4) is 5.75 Å². The number of nitrogens with zero attached hydrogens (tertiary/aromatic N) is 1. The van der Waals surface area contributed by atoms with Gasteiger partial charge in [-0.15, -0.1) is 11.3 Å². The Balaban J connectivity index is 1.40. The van der Waals surface area contributed by atoms with Crippen LogP contribution in [0.25, 0.3) is 0 Å². The summed E-state index contributed by atoms with van der Waals surface area (Å²) in [5.74, 6) is 0.374. The van der Waals surface area contributed by atoms with E-state index in [2.05, 4.69) is 59.2 Å². The minimum atomic E-state index is -0.268. The highest BCUT2D eigenvalue weighted by molar-refractivity contribution is 7.09. The van der Waals surface area contributed by atoms with Gasteiger partial charge in [0, 0.05) is 16.5 Å². The predicted octanol–water partition coefficient (Wildman–Crippen LogP) is 4.71. The first-order valence-electron chi connectivity index (χ1n) is 9.53. The molecule has 3 aromatic carbocycles. The first-order valence-corrected chi connectivity index (χ1v) is 10.4. The number of nitrogens with two attached hydrogens (primary N) is 1. The molecule has 0 saturated carbocycles. The summed E-state index contributed by atoms with van der Waals surface area (Å²) in [6, 6.07) is 27.3. The predicted molar refractivity (Wildman–Crippen MR) is 113 cm³/mol. The molecule has 2 N–H and O–H groups in total. The van der Waals surface area contributed by atoms with Gasteiger partial charge in [-0.3, -0.25) is 0 Å². The van der Waals surface area contributed by atoms with Gasteiger partial charge in [0.1, 0.15) is 41.5 Å². The van der Waals surface area contributed by atoms with Crippen LogP contribution in [0.4, 0.5) is 4.39 Å². The summed E-state index contributed by atoms with van der Waals surface area (Å²) in [5, 5.41) is 5.30. The molecule has 1 heterocycles. The Morgan fingerprint density at radius 3 is 2.10 bits per heavy atom. The van der Waals surface area contributed by atoms with Gasteiger partial charge >= 0.3 is 0 Å². The smallest absolute Gasteiger partial charge is 0.140 e. The number of thiazole rings is 1. The highest BCUT2D eigenvalue weighted by Crippen LogP contribution is 2.19. The second kappa shape index (κ2) is 9.45. The highest BCUT2D eigenvalue weighted by Gasteiger charge is 2.17. The number of aromatic nitrogens is 1. The number of hydrogen-bond donors (Lipinski definition) is 1. The third-order valence-electron chi connectivity index (χ3n) is 4.66. The monoisotopic (exact) mass is 405 g/mol. The van der Waals surface area contributed by atoms with E-state index in [0.29, 0.717) is 12.4 Å². The van der Waals surface area contributed by atoms with E-state index in [1.54, 1.807) is 23.5 Å². The molecule has 0 fully saturated rings. The van der Waals surface area contributed by atoms with Crippen LogP contribution in [0.2, 0.25) is 0 Å². The average molecular weight is 406 g/mol. The maximum atomic E-state index is 13.0. The van der Waals surface area contributed by atoms with Gasteiger partial charge in [-0.25, -0.2) is 9.37 Å². The topological polar surface area (TPSA) is 38.7 Å². The van der Waals surface area contributed by atoms with E-state index in [-0.39, 0.29) is 11.9 Å². The van der Waals surface area contributed by atoms with Gasteiger partial charge in [-0.1, -0.05) is 60.7 Å². The number of rotatable bonds is 8. The zero-order valence-corrected chi connectivity index (χ0v) is 16.7. The fraction of sp³-hybridized carbons (Fsp3) is 0.125. The van der Waals surface area contributed by atoms with E-state index in [0.717, 1.165) is 17.2 Å². The molecule has 0 aliphatic rings. The molecule has 0 saturated heterocycles. The number of hydrogen-bond acceptors (Lipinski definition) is 3. The standard InChI is InChI=1S/C24H21FN2OS/c25-20-11-13-22(14-12-20)28-16-23-27-21(17-29-23)15-26-24(18-7-3-1-4-8-18)19-9-5-2-6-10-19/h1-14,17,24,26H,15-16H2/p+1. The van der Waals surface area contributed by atoms with E-state index in [9.17, 15) is 4.39 Å². The molecule has 0 amide bonds. The molecule has 0 spiro atoms. The molecule has 1 aromatic heterocycles.